The first-order valence-corrected chi connectivity index (χ1v) is 3.83. The summed E-state index contributed by atoms with van der Waals surface area (Å²) in [5, 5.41) is 8.60. The maximum absolute atomic E-state index is 10.5. The van der Waals surface area contributed by atoms with Crippen LogP contribution in [-0.2, 0) is 0 Å². The van der Waals surface area contributed by atoms with Gasteiger partial charge in [-0.2, -0.15) is 12.6 Å². The average molecular weight is 188 g/mol. The van der Waals surface area contributed by atoms with E-state index in [2.05, 4.69) is 17.6 Å². The van der Waals surface area contributed by atoms with E-state index in [9.17, 15) is 4.79 Å². The summed E-state index contributed by atoms with van der Waals surface area (Å²) in [5.74, 6) is -0.663. The van der Waals surface area contributed by atoms with Crippen LogP contribution in [0.2, 0.25) is 0 Å². The minimum Gasteiger partial charge on any atom is -0.476 e. The molecule has 0 spiro atoms. The molecule has 0 saturated carbocycles. The van der Waals surface area contributed by atoms with Crippen molar-refractivity contribution < 1.29 is 14.3 Å². The molecule has 0 aromatic carbocycles. The average Bonchev–Trinajstić information content (AvgIpc) is 2.50. The maximum Gasteiger partial charge on any atom is 0.358 e. The number of aromatic nitrogens is 1. The molecule has 3 N–H and O–H groups in total. The largest absolute Gasteiger partial charge is 0.476 e. The van der Waals surface area contributed by atoms with Gasteiger partial charge in [0.2, 0.25) is 0 Å². The lowest BCUT2D eigenvalue weighted by Gasteiger charge is -2.03. The van der Waals surface area contributed by atoms with E-state index < -0.39 is 12.0 Å². The summed E-state index contributed by atoms with van der Waals surface area (Å²) < 4.78 is 4.81. The van der Waals surface area contributed by atoms with Crippen LogP contribution >= 0.6 is 12.6 Å². The second-order valence-corrected chi connectivity index (χ2v) is 2.52. The summed E-state index contributed by atoms with van der Waals surface area (Å²) in [6.07, 6.45) is 1.06. The predicted octanol–water partition coefficient (Wildman–Crippen LogP) is 0.302. The Bertz CT molecular complexity index is 286. The first kappa shape index (κ1) is 9.08. The predicted molar refractivity (Wildman–Crippen MR) is 44.2 cm³/mol. The molecule has 1 rings (SSSR count). The highest BCUT2D eigenvalue weighted by molar-refractivity contribution is 7.80. The van der Waals surface area contributed by atoms with Crippen molar-refractivity contribution in [2.75, 3.05) is 5.75 Å². The highest BCUT2D eigenvalue weighted by Gasteiger charge is 2.19. The third-order valence-corrected chi connectivity index (χ3v) is 1.72. The SMILES string of the molecule is N[C@H](CS)c1ocnc1C(=O)O. The van der Waals surface area contributed by atoms with Crippen molar-refractivity contribution in [3.63, 3.8) is 0 Å². The molecular weight excluding hydrogens is 180 g/mol. The third kappa shape index (κ3) is 1.59. The molecule has 0 aliphatic heterocycles. The molecule has 0 amide bonds. The van der Waals surface area contributed by atoms with Gasteiger partial charge in [0.15, 0.2) is 17.8 Å². The lowest BCUT2D eigenvalue weighted by molar-refractivity contribution is 0.0688. The van der Waals surface area contributed by atoms with Gasteiger partial charge in [-0.1, -0.05) is 0 Å². The second-order valence-electron chi connectivity index (χ2n) is 2.16. The Hall–Kier alpha value is -1.01. The van der Waals surface area contributed by atoms with Crippen molar-refractivity contribution in [1.29, 1.82) is 0 Å². The van der Waals surface area contributed by atoms with E-state index in [0.29, 0.717) is 5.75 Å². The number of nitrogens with two attached hydrogens (primary N) is 1. The molecule has 1 aromatic rings. The summed E-state index contributed by atoms with van der Waals surface area (Å²) in [7, 11) is 0. The van der Waals surface area contributed by atoms with Crippen LogP contribution in [0.25, 0.3) is 0 Å². The molecule has 6 heteroatoms. The van der Waals surface area contributed by atoms with Gasteiger partial charge >= 0.3 is 5.97 Å². The number of rotatable bonds is 3. The Morgan fingerprint density at radius 2 is 2.58 bits per heavy atom. The zero-order chi connectivity index (χ0) is 9.14. The minimum atomic E-state index is -1.14. The zero-order valence-electron chi connectivity index (χ0n) is 6.10. The third-order valence-electron chi connectivity index (χ3n) is 1.33. The van der Waals surface area contributed by atoms with Crippen molar-refractivity contribution in [3.05, 3.63) is 17.8 Å². The van der Waals surface area contributed by atoms with Crippen LogP contribution in [0, 0.1) is 0 Å². The van der Waals surface area contributed by atoms with Crippen LogP contribution in [0.4, 0.5) is 0 Å². The van der Waals surface area contributed by atoms with Crippen molar-refractivity contribution in [2.45, 2.75) is 6.04 Å². The number of carboxylic acid groups (broad SMARTS) is 1. The van der Waals surface area contributed by atoms with Gasteiger partial charge in [-0.15, -0.1) is 0 Å². The number of oxazole rings is 1. The van der Waals surface area contributed by atoms with Gasteiger partial charge in [0.05, 0.1) is 6.04 Å². The standard InChI is InChI=1S/C6H8N2O3S/c7-3(1-12)5-4(6(9)10)8-2-11-5/h2-3,12H,1,7H2,(H,9,10)/t3-/m1/s1. The summed E-state index contributed by atoms with van der Waals surface area (Å²) in [6.45, 7) is 0. The molecule has 0 fully saturated rings. The molecule has 12 heavy (non-hydrogen) atoms. The van der Waals surface area contributed by atoms with Crippen LogP contribution in [0.5, 0.6) is 0 Å². The Kier molecular flexibility index (Phi) is 2.72. The summed E-state index contributed by atoms with van der Waals surface area (Å²) in [4.78, 5) is 14.0. The number of carbonyl (C=O) groups is 1. The number of thiol groups is 1. The number of hydrogen-bond acceptors (Lipinski definition) is 5. The first-order chi connectivity index (χ1) is 5.66. The first-order valence-electron chi connectivity index (χ1n) is 3.20. The lowest BCUT2D eigenvalue weighted by atomic mass is 10.2. The Labute approximate surface area is 74.0 Å². The van der Waals surface area contributed by atoms with Gasteiger partial charge < -0.3 is 15.3 Å². The highest BCUT2D eigenvalue weighted by atomic mass is 32.1. The van der Waals surface area contributed by atoms with E-state index in [1.165, 1.54) is 0 Å². The zero-order valence-corrected chi connectivity index (χ0v) is 6.99. The highest BCUT2D eigenvalue weighted by Crippen LogP contribution is 2.15. The fraction of sp³-hybridized carbons (Fsp3) is 0.333. The molecule has 5 nitrogen and oxygen atoms in total. The van der Waals surface area contributed by atoms with Crippen LogP contribution in [0.3, 0.4) is 0 Å². The van der Waals surface area contributed by atoms with E-state index in [1.807, 2.05) is 0 Å². The van der Waals surface area contributed by atoms with E-state index in [-0.39, 0.29) is 11.5 Å². The molecule has 0 bridgehead atoms. The van der Waals surface area contributed by atoms with Crippen molar-refractivity contribution in [2.24, 2.45) is 5.73 Å². The van der Waals surface area contributed by atoms with Crippen molar-refractivity contribution in [1.82, 2.24) is 4.98 Å². The van der Waals surface area contributed by atoms with Crippen molar-refractivity contribution >= 4 is 18.6 Å². The van der Waals surface area contributed by atoms with E-state index in [1.54, 1.807) is 0 Å². The van der Waals surface area contributed by atoms with Crippen LogP contribution in [0.15, 0.2) is 10.8 Å². The van der Waals surface area contributed by atoms with Gasteiger partial charge in [0.1, 0.15) is 0 Å². The number of nitrogens with zero attached hydrogens (tertiary/aromatic N) is 1. The molecule has 0 aliphatic rings. The number of carboxylic acids is 1. The summed E-state index contributed by atoms with van der Waals surface area (Å²) in [5.41, 5.74) is 5.36. The van der Waals surface area contributed by atoms with Gasteiger partial charge in [-0.25, -0.2) is 9.78 Å². The Morgan fingerprint density at radius 1 is 1.92 bits per heavy atom. The molecule has 1 atom stereocenters. The minimum absolute atomic E-state index is 0.142. The molecule has 0 unspecified atom stereocenters. The molecule has 0 aliphatic carbocycles. The normalized spacial score (nSPS) is 12.8. The van der Waals surface area contributed by atoms with Gasteiger partial charge in [-0.3, -0.25) is 0 Å². The van der Waals surface area contributed by atoms with E-state index in [0.717, 1.165) is 6.39 Å². The molecule has 0 saturated heterocycles. The van der Waals surface area contributed by atoms with E-state index >= 15 is 0 Å². The van der Waals surface area contributed by atoms with Crippen LogP contribution in [-0.4, -0.2) is 21.8 Å². The topological polar surface area (TPSA) is 89.4 Å². The van der Waals surface area contributed by atoms with Crippen LogP contribution in [0.1, 0.15) is 22.3 Å². The van der Waals surface area contributed by atoms with Gasteiger partial charge in [-0.05, 0) is 0 Å². The monoisotopic (exact) mass is 188 g/mol. The van der Waals surface area contributed by atoms with Crippen LogP contribution < -0.4 is 5.73 Å². The van der Waals surface area contributed by atoms with Gasteiger partial charge in [0.25, 0.3) is 0 Å². The quantitative estimate of drug-likeness (QED) is 0.594. The molecule has 0 radical (unpaired) electrons. The summed E-state index contributed by atoms with van der Waals surface area (Å²) >= 11 is 3.91. The molecule has 1 aromatic heterocycles. The fourth-order valence-corrected chi connectivity index (χ4v) is 0.928. The van der Waals surface area contributed by atoms with Crippen molar-refractivity contribution in [3.8, 4) is 0 Å². The Balaban J connectivity index is 2.98. The number of hydrogen-bond donors (Lipinski definition) is 3. The fourth-order valence-electron chi connectivity index (χ4n) is 0.762. The Morgan fingerprint density at radius 3 is 3.08 bits per heavy atom. The lowest BCUT2D eigenvalue weighted by Crippen LogP contribution is -2.15. The molecule has 66 valence electrons. The maximum atomic E-state index is 10.5. The molecule has 1 heterocycles. The number of aromatic carboxylic acids is 1. The van der Waals surface area contributed by atoms with Gasteiger partial charge in [0, 0.05) is 5.75 Å². The second kappa shape index (κ2) is 3.59. The summed E-state index contributed by atoms with van der Waals surface area (Å²) in [6, 6.07) is -0.526. The smallest absolute Gasteiger partial charge is 0.358 e. The molecular formula is C6H8N2O3S. The van der Waals surface area contributed by atoms with E-state index in [4.69, 9.17) is 15.3 Å².